The van der Waals surface area contributed by atoms with E-state index < -0.39 is 0 Å². The van der Waals surface area contributed by atoms with E-state index in [0.29, 0.717) is 5.82 Å². The molecule has 1 aliphatic carbocycles. The molecule has 1 saturated carbocycles. The highest BCUT2D eigenvalue weighted by atomic mass is 16.1. The van der Waals surface area contributed by atoms with Gasteiger partial charge in [-0.15, -0.1) is 0 Å². The number of anilines is 1. The molecule has 1 fully saturated rings. The van der Waals surface area contributed by atoms with Crippen LogP contribution in [0.3, 0.4) is 0 Å². The predicted molar refractivity (Wildman–Crippen MR) is 106 cm³/mol. The van der Waals surface area contributed by atoms with Gasteiger partial charge < -0.3 is 15.2 Å². The molecule has 0 saturated heterocycles. The Balaban J connectivity index is 1.67. The van der Waals surface area contributed by atoms with Gasteiger partial charge in [0.2, 0.25) is 5.91 Å². The third kappa shape index (κ3) is 3.28. The van der Waals surface area contributed by atoms with Gasteiger partial charge in [-0.1, -0.05) is 0 Å². The molecule has 0 aromatic carbocycles. The molecular weight excluding hydrogens is 356 g/mol. The Morgan fingerprint density at radius 2 is 2.00 bits per heavy atom. The molecule has 0 spiro atoms. The zero-order valence-corrected chi connectivity index (χ0v) is 16.3. The number of amides is 1. The van der Waals surface area contributed by atoms with E-state index in [-0.39, 0.29) is 17.9 Å². The second-order valence-electron chi connectivity index (χ2n) is 7.06. The van der Waals surface area contributed by atoms with E-state index in [1.807, 2.05) is 11.5 Å². The van der Waals surface area contributed by atoms with Crippen LogP contribution in [0.15, 0.2) is 18.7 Å². The lowest BCUT2D eigenvalue weighted by Crippen LogP contribution is -2.27. The van der Waals surface area contributed by atoms with Crippen LogP contribution >= 0.6 is 0 Å². The maximum Gasteiger partial charge on any atom is 0.222 e. The summed E-state index contributed by atoms with van der Waals surface area (Å²) in [5.74, 6) is 2.35. The van der Waals surface area contributed by atoms with E-state index in [9.17, 15) is 4.79 Å². The zero-order valence-electron chi connectivity index (χ0n) is 16.3. The van der Waals surface area contributed by atoms with E-state index in [1.165, 1.54) is 0 Å². The van der Waals surface area contributed by atoms with Crippen LogP contribution in [0.1, 0.15) is 32.0 Å². The minimum atomic E-state index is 0.0493. The first-order chi connectivity index (χ1) is 13.6. The summed E-state index contributed by atoms with van der Waals surface area (Å²) in [4.78, 5) is 34.2. The summed E-state index contributed by atoms with van der Waals surface area (Å²) in [6.07, 6.45) is 7.71. The maximum atomic E-state index is 11.9. The summed E-state index contributed by atoms with van der Waals surface area (Å²) in [6, 6.07) is 0.193. The Bertz CT molecular complexity index is 997. The Labute approximate surface area is 163 Å². The molecule has 28 heavy (non-hydrogen) atoms. The molecule has 0 radical (unpaired) electrons. The first-order valence-corrected chi connectivity index (χ1v) is 9.59. The van der Waals surface area contributed by atoms with Gasteiger partial charge in [0, 0.05) is 37.9 Å². The van der Waals surface area contributed by atoms with Gasteiger partial charge in [-0.3, -0.25) is 4.79 Å². The monoisotopic (exact) mass is 380 g/mol. The van der Waals surface area contributed by atoms with Crippen LogP contribution in [0.4, 0.5) is 5.82 Å². The molecule has 1 amide bonds. The average Bonchev–Trinajstić information content (AvgIpc) is 3.33. The molecule has 2 atom stereocenters. The lowest BCUT2D eigenvalue weighted by molar-refractivity contribution is -0.124. The SMILES string of the molecule is CCn1c(-c2cnc(C)nc2)nc2c(N[C@H]3CC[C@@H](C(=O)NC)C3)ncnc21. The second-order valence-corrected chi connectivity index (χ2v) is 7.06. The highest BCUT2D eigenvalue weighted by molar-refractivity contribution is 5.86. The molecule has 0 unspecified atom stereocenters. The summed E-state index contributed by atoms with van der Waals surface area (Å²) in [5.41, 5.74) is 2.34. The van der Waals surface area contributed by atoms with Gasteiger partial charge in [-0.05, 0) is 33.1 Å². The van der Waals surface area contributed by atoms with Crippen molar-refractivity contribution in [2.45, 2.75) is 45.7 Å². The van der Waals surface area contributed by atoms with Crippen LogP contribution in [-0.4, -0.2) is 48.5 Å². The molecular formula is C19H24N8O. The van der Waals surface area contributed by atoms with E-state index >= 15 is 0 Å². The largest absolute Gasteiger partial charge is 0.365 e. The highest BCUT2D eigenvalue weighted by Gasteiger charge is 2.30. The number of hydrogen-bond donors (Lipinski definition) is 2. The van der Waals surface area contributed by atoms with E-state index in [2.05, 4.69) is 37.5 Å². The summed E-state index contributed by atoms with van der Waals surface area (Å²) in [6.45, 7) is 4.63. The Hall–Kier alpha value is -3.10. The van der Waals surface area contributed by atoms with E-state index in [4.69, 9.17) is 4.98 Å². The molecule has 0 aliphatic heterocycles. The van der Waals surface area contributed by atoms with Crippen molar-refractivity contribution in [3.05, 3.63) is 24.5 Å². The van der Waals surface area contributed by atoms with Gasteiger partial charge in [-0.2, -0.15) is 0 Å². The van der Waals surface area contributed by atoms with E-state index in [0.717, 1.165) is 54.2 Å². The van der Waals surface area contributed by atoms with Crippen LogP contribution in [0.25, 0.3) is 22.6 Å². The number of hydrogen-bond acceptors (Lipinski definition) is 7. The van der Waals surface area contributed by atoms with Crippen molar-refractivity contribution in [3.8, 4) is 11.4 Å². The van der Waals surface area contributed by atoms with E-state index in [1.54, 1.807) is 25.8 Å². The third-order valence-electron chi connectivity index (χ3n) is 5.28. The van der Waals surface area contributed by atoms with Crippen LogP contribution in [0.5, 0.6) is 0 Å². The standard InChI is InChI=1S/C19H24N8O/c1-4-27-17(13-8-21-11(2)22-9-13)26-15-16(23-10-24-18(15)27)25-14-6-5-12(7-14)19(28)20-3/h8-10,12,14H,4-7H2,1-3H3,(H,20,28)(H,23,24,25)/t12-,14+/m1/s1. The number of rotatable bonds is 5. The average molecular weight is 380 g/mol. The van der Waals surface area contributed by atoms with Crippen LogP contribution in [-0.2, 0) is 11.3 Å². The molecule has 146 valence electrons. The fourth-order valence-electron chi connectivity index (χ4n) is 3.82. The Kier molecular flexibility index (Phi) is 4.89. The van der Waals surface area contributed by atoms with Crippen molar-refractivity contribution < 1.29 is 4.79 Å². The highest BCUT2D eigenvalue weighted by Crippen LogP contribution is 2.31. The number of fused-ring (bicyclic) bond motifs is 1. The predicted octanol–water partition coefficient (Wildman–Crippen LogP) is 1.94. The minimum absolute atomic E-state index is 0.0493. The van der Waals surface area contributed by atoms with Gasteiger partial charge in [-0.25, -0.2) is 24.9 Å². The molecule has 1 aliphatic rings. The number of imidazole rings is 1. The number of nitrogens with zero attached hydrogens (tertiary/aromatic N) is 6. The summed E-state index contributed by atoms with van der Waals surface area (Å²) in [7, 11) is 1.69. The Morgan fingerprint density at radius 1 is 1.21 bits per heavy atom. The molecule has 4 rings (SSSR count). The Morgan fingerprint density at radius 3 is 2.71 bits per heavy atom. The number of nitrogens with one attached hydrogen (secondary N) is 2. The van der Waals surface area contributed by atoms with Crippen molar-refractivity contribution in [2.24, 2.45) is 5.92 Å². The topological polar surface area (TPSA) is 111 Å². The molecule has 3 aromatic rings. The molecule has 3 aromatic heterocycles. The van der Waals surface area contributed by atoms with Crippen molar-refractivity contribution in [2.75, 3.05) is 12.4 Å². The third-order valence-corrected chi connectivity index (χ3v) is 5.28. The van der Waals surface area contributed by atoms with Crippen LogP contribution in [0, 0.1) is 12.8 Å². The van der Waals surface area contributed by atoms with Gasteiger partial charge in [0.05, 0.1) is 5.56 Å². The smallest absolute Gasteiger partial charge is 0.222 e. The fourth-order valence-corrected chi connectivity index (χ4v) is 3.82. The number of carbonyl (C=O) groups is 1. The molecule has 9 nitrogen and oxygen atoms in total. The van der Waals surface area contributed by atoms with Crippen molar-refractivity contribution >= 4 is 22.9 Å². The van der Waals surface area contributed by atoms with Crippen molar-refractivity contribution in [1.29, 1.82) is 0 Å². The maximum absolute atomic E-state index is 11.9. The molecule has 2 N–H and O–H groups in total. The molecule has 0 bridgehead atoms. The van der Waals surface area contributed by atoms with Crippen molar-refractivity contribution in [1.82, 2.24) is 34.8 Å². The summed E-state index contributed by atoms with van der Waals surface area (Å²) in [5, 5.41) is 6.22. The second kappa shape index (κ2) is 7.49. The van der Waals surface area contributed by atoms with Gasteiger partial charge in [0.1, 0.15) is 18.0 Å². The number of carbonyl (C=O) groups excluding carboxylic acids is 1. The summed E-state index contributed by atoms with van der Waals surface area (Å²) >= 11 is 0. The lowest BCUT2D eigenvalue weighted by Gasteiger charge is -2.13. The van der Waals surface area contributed by atoms with Gasteiger partial charge in [0.25, 0.3) is 0 Å². The van der Waals surface area contributed by atoms with Crippen LogP contribution < -0.4 is 10.6 Å². The molecule has 3 heterocycles. The van der Waals surface area contributed by atoms with Gasteiger partial charge >= 0.3 is 0 Å². The number of aryl methyl sites for hydroxylation is 2. The first kappa shape index (κ1) is 18.3. The van der Waals surface area contributed by atoms with Gasteiger partial charge in [0.15, 0.2) is 17.0 Å². The lowest BCUT2D eigenvalue weighted by atomic mass is 10.1. The fraction of sp³-hybridized carbons (Fsp3) is 0.474. The number of aromatic nitrogens is 6. The summed E-state index contributed by atoms with van der Waals surface area (Å²) < 4.78 is 2.04. The quantitative estimate of drug-likeness (QED) is 0.696. The van der Waals surface area contributed by atoms with Crippen molar-refractivity contribution in [3.63, 3.8) is 0 Å². The minimum Gasteiger partial charge on any atom is -0.365 e. The normalized spacial score (nSPS) is 19.1. The molecule has 9 heteroatoms. The van der Waals surface area contributed by atoms with Crippen LogP contribution in [0.2, 0.25) is 0 Å². The zero-order chi connectivity index (χ0) is 19.7. The first-order valence-electron chi connectivity index (χ1n) is 9.59.